The van der Waals surface area contributed by atoms with Crippen molar-refractivity contribution in [1.29, 1.82) is 0 Å². The Balaban J connectivity index is 2.43. The molecule has 140 valence electrons. The van der Waals surface area contributed by atoms with Gasteiger partial charge in [0.15, 0.2) is 0 Å². The van der Waals surface area contributed by atoms with E-state index in [1.165, 1.54) is 24.3 Å². The summed E-state index contributed by atoms with van der Waals surface area (Å²) in [4.78, 5) is 23.8. The third kappa shape index (κ3) is 3.08. The van der Waals surface area contributed by atoms with Crippen LogP contribution in [0, 0.1) is 6.92 Å². The van der Waals surface area contributed by atoms with Gasteiger partial charge in [0.05, 0.1) is 11.3 Å². The largest absolute Gasteiger partial charge is 0.460 e. The highest BCUT2D eigenvalue weighted by atomic mass is 19.4. The number of benzene rings is 1. The predicted molar refractivity (Wildman–Crippen MR) is 73.4 cm³/mol. The van der Waals surface area contributed by atoms with Crippen LogP contribution in [0.25, 0.3) is 0 Å². The minimum Gasteiger partial charge on any atom is -0.287 e. The number of hydrogen-bond donors (Lipinski definition) is 0. The first-order chi connectivity index (χ1) is 11.8. The summed E-state index contributed by atoms with van der Waals surface area (Å²) in [6.45, 7) is 0.920. The van der Waals surface area contributed by atoms with Gasteiger partial charge in [-0.1, -0.05) is 18.2 Å². The fourth-order valence-corrected chi connectivity index (χ4v) is 1.99. The molecule has 0 N–H and O–H groups in total. The van der Waals surface area contributed by atoms with E-state index < -0.39 is 41.0 Å². The predicted octanol–water partition coefficient (Wildman–Crippen LogP) is 3.90. The number of carbonyl (C=O) groups excluding carboxylic acids is 2. The van der Waals surface area contributed by atoms with Crippen LogP contribution in [0.4, 0.5) is 30.7 Å². The van der Waals surface area contributed by atoms with Gasteiger partial charge >= 0.3 is 18.0 Å². The lowest BCUT2D eigenvalue weighted by Crippen LogP contribution is -2.56. The van der Waals surface area contributed by atoms with Crippen LogP contribution in [0.1, 0.15) is 26.4 Å². The highest BCUT2D eigenvalue weighted by Crippen LogP contribution is 2.47. The molecular formula is C15H9F7N2O2. The van der Waals surface area contributed by atoms with Crippen molar-refractivity contribution in [3.63, 3.8) is 0 Å². The number of rotatable bonds is 4. The molecule has 1 aromatic heterocycles. The number of halogens is 7. The van der Waals surface area contributed by atoms with E-state index in [0.717, 1.165) is 6.92 Å². The van der Waals surface area contributed by atoms with E-state index in [9.17, 15) is 40.3 Å². The van der Waals surface area contributed by atoms with E-state index in [-0.39, 0.29) is 5.56 Å². The van der Waals surface area contributed by atoms with Crippen LogP contribution >= 0.6 is 0 Å². The highest BCUT2D eigenvalue weighted by molar-refractivity contribution is 6.04. The second-order valence-corrected chi connectivity index (χ2v) is 5.22. The van der Waals surface area contributed by atoms with Crippen molar-refractivity contribution in [2.75, 3.05) is 0 Å². The molecule has 0 saturated carbocycles. The summed E-state index contributed by atoms with van der Waals surface area (Å²) in [5.74, 6) is -16.3. The molecule has 0 fully saturated rings. The highest BCUT2D eigenvalue weighted by Gasteiger charge is 2.76. The van der Waals surface area contributed by atoms with E-state index in [2.05, 4.69) is 5.10 Å². The van der Waals surface area contributed by atoms with Gasteiger partial charge in [-0.2, -0.15) is 35.8 Å². The van der Waals surface area contributed by atoms with Crippen LogP contribution in [0.15, 0.2) is 36.5 Å². The summed E-state index contributed by atoms with van der Waals surface area (Å²) in [5, 5.41) is 3.45. The third-order valence-electron chi connectivity index (χ3n) is 3.41. The van der Waals surface area contributed by atoms with Gasteiger partial charge in [-0.15, -0.1) is 0 Å². The summed E-state index contributed by atoms with van der Waals surface area (Å²) in [7, 11) is 0. The Hall–Kier alpha value is -2.72. The Bertz CT molecular complexity index is 841. The molecule has 0 bridgehead atoms. The first-order valence-corrected chi connectivity index (χ1v) is 6.84. The molecule has 0 amide bonds. The van der Waals surface area contributed by atoms with Crippen molar-refractivity contribution in [1.82, 2.24) is 9.78 Å². The lowest BCUT2D eigenvalue weighted by Gasteiger charge is -2.26. The van der Waals surface area contributed by atoms with E-state index in [0.29, 0.717) is 10.9 Å². The van der Waals surface area contributed by atoms with Gasteiger partial charge in [0.25, 0.3) is 5.91 Å². The van der Waals surface area contributed by atoms with Gasteiger partial charge < -0.3 is 0 Å². The molecule has 0 aliphatic heterocycles. The molecule has 0 aliphatic rings. The van der Waals surface area contributed by atoms with Gasteiger partial charge in [-0.05, 0) is 19.1 Å². The first kappa shape index (κ1) is 19.6. The van der Waals surface area contributed by atoms with Crippen molar-refractivity contribution in [2.45, 2.75) is 24.9 Å². The van der Waals surface area contributed by atoms with Crippen LogP contribution in [0.3, 0.4) is 0 Å². The molecule has 1 heterocycles. The summed E-state index contributed by atoms with van der Waals surface area (Å²) >= 11 is 0. The monoisotopic (exact) mass is 382 g/mol. The zero-order valence-electron chi connectivity index (χ0n) is 12.8. The standard InChI is InChI=1S/C15H9F7N2O2/c1-8-10(11(25)13(16,17)14(18,19)15(20,21)22)7-24(23-8)12(26)9-5-3-2-4-6-9/h2-7H,1H3. The van der Waals surface area contributed by atoms with Gasteiger partial charge in [0.2, 0.25) is 5.78 Å². The minimum absolute atomic E-state index is 0.0291. The molecule has 0 saturated heterocycles. The Kier molecular flexibility index (Phi) is 4.69. The molecule has 0 spiro atoms. The van der Waals surface area contributed by atoms with Crippen molar-refractivity contribution < 1.29 is 40.3 Å². The summed E-state index contributed by atoms with van der Waals surface area (Å²) in [6.07, 6.45) is -6.25. The average Bonchev–Trinajstić information content (AvgIpc) is 2.94. The van der Waals surface area contributed by atoms with E-state index in [1.807, 2.05) is 0 Å². The first-order valence-electron chi connectivity index (χ1n) is 6.84. The lowest BCUT2D eigenvalue weighted by atomic mass is 10.0. The van der Waals surface area contributed by atoms with Crippen LogP contribution in [-0.4, -0.2) is 39.5 Å². The minimum atomic E-state index is -6.64. The number of hydrogen-bond acceptors (Lipinski definition) is 3. The number of ketones is 1. The van der Waals surface area contributed by atoms with Crippen molar-refractivity contribution in [2.24, 2.45) is 0 Å². The second-order valence-electron chi connectivity index (χ2n) is 5.22. The van der Waals surface area contributed by atoms with Gasteiger partial charge in [0.1, 0.15) is 0 Å². The zero-order valence-corrected chi connectivity index (χ0v) is 12.8. The van der Waals surface area contributed by atoms with Crippen molar-refractivity contribution in [3.8, 4) is 0 Å². The van der Waals surface area contributed by atoms with E-state index in [4.69, 9.17) is 0 Å². The smallest absolute Gasteiger partial charge is 0.287 e. The molecule has 0 radical (unpaired) electrons. The van der Waals surface area contributed by atoms with Crippen LogP contribution in [0.2, 0.25) is 0 Å². The molecule has 0 aliphatic carbocycles. The van der Waals surface area contributed by atoms with Gasteiger partial charge in [-0.3, -0.25) is 9.59 Å². The molecule has 11 heteroatoms. The van der Waals surface area contributed by atoms with Crippen molar-refractivity contribution in [3.05, 3.63) is 53.3 Å². The normalized spacial score (nSPS) is 12.9. The molecule has 2 rings (SSSR count). The Morgan fingerprint density at radius 2 is 1.50 bits per heavy atom. The fraction of sp³-hybridized carbons (Fsp3) is 0.267. The van der Waals surface area contributed by atoms with Crippen LogP contribution in [0.5, 0.6) is 0 Å². The fourth-order valence-electron chi connectivity index (χ4n) is 1.99. The Morgan fingerprint density at radius 3 is 2.00 bits per heavy atom. The molecular weight excluding hydrogens is 373 g/mol. The molecule has 0 atom stereocenters. The van der Waals surface area contributed by atoms with Crippen LogP contribution < -0.4 is 0 Å². The second kappa shape index (κ2) is 6.22. The molecule has 2 aromatic rings. The third-order valence-corrected chi connectivity index (χ3v) is 3.41. The van der Waals surface area contributed by atoms with E-state index in [1.54, 1.807) is 6.07 Å². The SMILES string of the molecule is Cc1nn(C(=O)c2ccccc2)cc1C(=O)C(F)(F)C(F)(F)C(F)(F)F. The van der Waals surface area contributed by atoms with Gasteiger partial charge in [-0.25, -0.2) is 4.68 Å². The Morgan fingerprint density at radius 1 is 0.962 bits per heavy atom. The topological polar surface area (TPSA) is 52.0 Å². The molecule has 4 nitrogen and oxygen atoms in total. The number of Topliss-reactive ketones (excluding diaryl/α,β-unsaturated/α-hetero) is 1. The maximum absolute atomic E-state index is 13.5. The maximum atomic E-state index is 13.5. The van der Waals surface area contributed by atoms with E-state index >= 15 is 0 Å². The van der Waals surface area contributed by atoms with Crippen molar-refractivity contribution >= 4 is 11.7 Å². The summed E-state index contributed by atoms with van der Waals surface area (Å²) in [6, 6.07) is 7.15. The number of aryl methyl sites for hydroxylation is 1. The molecule has 1 aromatic carbocycles. The summed E-state index contributed by atoms with van der Waals surface area (Å²) in [5.41, 5.74) is -1.79. The number of nitrogens with zero attached hydrogens (tertiary/aromatic N) is 2. The molecule has 0 unspecified atom stereocenters. The zero-order chi connectivity index (χ0) is 19.9. The maximum Gasteiger partial charge on any atom is 0.460 e. The number of alkyl halides is 7. The lowest BCUT2D eigenvalue weighted by molar-refractivity contribution is -0.339. The number of carbonyl (C=O) groups is 2. The van der Waals surface area contributed by atoms with Gasteiger partial charge in [0, 0.05) is 11.8 Å². The summed E-state index contributed by atoms with van der Waals surface area (Å²) < 4.78 is 90.2. The Labute approximate surface area is 141 Å². The molecule has 26 heavy (non-hydrogen) atoms. The quantitative estimate of drug-likeness (QED) is 0.596. The average molecular weight is 382 g/mol. The van der Waals surface area contributed by atoms with Crippen LogP contribution in [-0.2, 0) is 0 Å². The number of aromatic nitrogens is 2.